The number of ether oxygens (including phenoxy) is 2. The molecule has 0 heterocycles. The summed E-state index contributed by atoms with van der Waals surface area (Å²) in [5.74, 6) is -1.24. The fourth-order valence-corrected chi connectivity index (χ4v) is 1.92. The van der Waals surface area contributed by atoms with Gasteiger partial charge in [-0.2, -0.15) is 0 Å². The van der Waals surface area contributed by atoms with Crippen LogP contribution in [-0.2, 0) is 0 Å². The van der Waals surface area contributed by atoms with Gasteiger partial charge in [0.25, 0.3) is 0 Å². The van der Waals surface area contributed by atoms with Gasteiger partial charge in [0, 0.05) is 5.56 Å². The first kappa shape index (κ1) is 21.3. The van der Waals surface area contributed by atoms with Crippen molar-refractivity contribution in [1.82, 2.24) is 0 Å². The van der Waals surface area contributed by atoms with Crippen LogP contribution in [0.3, 0.4) is 0 Å². The molecule has 2 rings (SSSR count). The maximum atomic E-state index is 12.4. The van der Waals surface area contributed by atoms with Gasteiger partial charge in [-0.15, -0.1) is 0 Å². The number of ketones is 1. The molecule has 22 heavy (non-hydrogen) atoms. The molecule has 0 spiro atoms. The summed E-state index contributed by atoms with van der Waals surface area (Å²) in [6.45, 7) is 0. The Balaban J connectivity index is -0.00000110. The zero-order valence-electron chi connectivity index (χ0n) is 15.1. The fraction of sp³-hybridized carbons (Fsp3) is 0.133. The minimum Gasteiger partial charge on any atom is -1.00 e. The Morgan fingerprint density at radius 3 is 2.05 bits per heavy atom. The van der Waals surface area contributed by atoms with Crippen molar-refractivity contribution in [2.24, 2.45) is 0 Å². The predicted octanol–water partition coefficient (Wildman–Crippen LogP) is -3.42. The maximum Gasteiger partial charge on any atom is 1.00 e. The quantitative estimate of drug-likeness (QED) is 0.348. The van der Waals surface area contributed by atoms with Crippen molar-refractivity contribution in [2.75, 3.05) is 14.2 Å². The second kappa shape index (κ2) is 9.45. The SMILES string of the molecule is COc1c(C(=O)c2ccccc2)cc(O)c(O)c1OC.[H-].[H-].[Na+].[Na+]. The first-order valence-corrected chi connectivity index (χ1v) is 5.86. The van der Waals surface area contributed by atoms with Crippen LogP contribution >= 0.6 is 0 Å². The van der Waals surface area contributed by atoms with E-state index < -0.39 is 11.5 Å². The molecule has 0 saturated carbocycles. The number of phenolic OH excluding ortho intramolecular Hbond substituents is 2. The molecule has 0 unspecified atom stereocenters. The summed E-state index contributed by atoms with van der Waals surface area (Å²) in [5.41, 5.74) is 0.559. The third kappa shape index (κ3) is 4.19. The van der Waals surface area contributed by atoms with E-state index in [0.29, 0.717) is 5.56 Å². The largest absolute Gasteiger partial charge is 1.00 e. The molecule has 2 aromatic carbocycles. The van der Waals surface area contributed by atoms with Crippen LogP contribution in [0.5, 0.6) is 23.0 Å². The minimum absolute atomic E-state index is 0. The van der Waals surface area contributed by atoms with E-state index in [0.717, 1.165) is 6.07 Å². The van der Waals surface area contributed by atoms with Crippen LogP contribution in [0.1, 0.15) is 18.8 Å². The van der Waals surface area contributed by atoms with Gasteiger partial charge in [-0.05, 0) is 6.07 Å². The predicted molar refractivity (Wildman–Crippen MR) is 75.0 cm³/mol. The Morgan fingerprint density at radius 1 is 1.00 bits per heavy atom. The number of phenols is 2. The van der Waals surface area contributed by atoms with Crippen molar-refractivity contribution in [3.63, 3.8) is 0 Å². The molecule has 0 saturated heterocycles. The number of hydrogen-bond donors (Lipinski definition) is 2. The Hall–Kier alpha value is -0.690. The molecule has 0 amide bonds. The van der Waals surface area contributed by atoms with Crippen molar-refractivity contribution in [1.29, 1.82) is 0 Å². The topological polar surface area (TPSA) is 76.0 Å². The van der Waals surface area contributed by atoms with E-state index in [9.17, 15) is 15.0 Å². The molecule has 0 aliphatic carbocycles. The first-order chi connectivity index (χ1) is 9.60. The van der Waals surface area contributed by atoms with E-state index >= 15 is 0 Å². The Kier molecular flexibility index (Phi) is 9.15. The van der Waals surface area contributed by atoms with Gasteiger partial charge in [0.2, 0.25) is 11.5 Å². The van der Waals surface area contributed by atoms with Crippen LogP contribution < -0.4 is 68.6 Å². The van der Waals surface area contributed by atoms with E-state index in [2.05, 4.69) is 0 Å². The Morgan fingerprint density at radius 2 is 1.55 bits per heavy atom. The summed E-state index contributed by atoms with van der Waals surface area (Å²) < 4.78 is 10.1. The second-order valence-corrected chi connectivity index (χ2v) is 4.05. The summed E-state index contributed by atoms with van der Waals surface area (Å²) in [4.78, 5) is 12.4. The zero-order chi connectivity index (χ0) is 14.7. The molecule has 2 aromatic rings. The normalized spacial score (nSPS) is 9.18. The van der Waals surface area contributed by atoms with Crippen molar-refractivity contribution in [2.45, 2.75) is 0 Å². The molecule has 0 fully saturated rings. The molecular weight excluding hydrogens is 306 g/mol. The van der Waals surface area contributed by atoms with E-state index in [1.807, 2.05) is 0 Å². The van der Waals surface area contributed by atoms with Gasteiger partial charge >= 0.3 is 59.1 Å². The molecule has 0 bridgehead atoms. The fourth-order valence-electron chi connectivity index (χ4n) is 1.92. The second-order valence-electron chi connectivity index (χ2n) is 4.05. The van der Waals surface area contributed by atoms with E-state index in [4.69, 9.17) is 9.47 Å². The molecule has 7 heteroatoms. The third-order valence-electron chi connectivity index (χ3n) is 2.88. The molecule has 0 aromatic heterocycles. The average Bonchev–Trinajstić information content (AvgIpc) is 2.49. The van der Waals surface area contributed by atoms with E-state index in [-0.39, 0.29) is 84.8 Å². The molecule has 0 aliphatic heterocycles. The number of rotatable bonds is 4. The summed E-state index contributed by atoms with van der Waals surface area (Å²) in [5, 5.41) is 19.4. The van der Waals surface area contributed by atoms with Crippen LogP contribution in [0, 0.1) is 0 Å². The van der Waals surface area contributed by atoms with Gasteiger partial charge < -0.3 is 22.5 Å². The molecule has 0 aliphatic rings. The smallest absolute Gasteiger partial charge is 1.00 e. The van der Waals surface area contributed by atoms with Crippen LogP contribution in [-0.4, -0.2) is 30.2 Å². The summed E-state index contributed by atoms with van der Waals surface area (Å²) in [6, 6.07) is 9.72. The van der Waals surface area contributed by atoms with Crippen molar-refractivity contribution in [3.8, 4) is 23.0 Å². The van der Waals surface area contributed by atoms with Crippen LogP contribution in [0.25, 0.3) is 0 Å². The van der Waals surface area contributed by atoms with Crippen molar-refractivity contribution < 1.29 is 86.4 Å². The van der Waals surface area contributed by atoms with Gasteiger partial charge in [-0.25, -0.2) is 0 Å². The van der Waals surface area contributed by atoms with Gasteiger partial charge in [0.1, 0.15) is 0 Å². The molecule has 0 atom stereocenters. The molecule has 108 valence electrons. The van der Waals surface area contributed by atoms with Gasteiger partial charge in [0.15, 0.2) is 17.3 Å². The first-order valence-electron chi connectivity index (χ1n) is 5.86. The van der Waals surface area contributed by atoms with Crippen molar-refractivity contribution >= 4 is 5.78 Å². The number of methoxy groups -OCH3 is 2. The van der Waals surface area contributed by atoms with Gasteiger partial charge in [-0.3, -0.25) is 4.79 Å². The van der Waals surface area contributed by atoms with Gasteiger partial charge in [-0.1, -0.05) is 30.3 Å². The average molecular weight is 322 g/mol. The summed E-state index contributed by atoms with van der Waals surface area (Å²) >= 11 is 0. The van der Waals surface area contributed by atoms with Crippen molar-refractivity contribution in [3.05, 3.63) is 47.5 Å². The number of benzene rings is 2. The Bertz CT molecular complexity index is 654. The molecule has 0 radical (unpaired) electrons. The number of aromatic hydroxyl groups is 2. The molecular formula is C15H16Na2O5. The zero-order valence-corrected chi connectivity index (χ0v) is 17.1. The number of carbonyl (C=O) groups is 1. The maximum absolute atomic E-state index is 12.4. The van der Waals surface area contributed by atoms with E-state index in [1.54, 1.807) is 30.3 Å². The summed E-state index contributed by atoms with van der Waals surface area (Å²) in [7, 11) is 2.67. The molecule has 2 N–H and O–H groups in total. The monoisotopic (exact) mass is 322 g/mol. The third-order valence-corrected chi connectivity index (χ3v) is 2.88. The standard InChI is InChI=1S/C15H14O5.2Na.2H/c1-19-14-10(8-11(16)13(18)15(14)20-2)12(17)9-6-4-3-5-7-9;;;;/h3-8,16,18H,1-2H3;;;;/q;2*+1;2*-1. The van der Waals surface area contributed by atoms with Crippen LogP contribution in [0.4, 0.5) is 0 Å². The number of hydrogen-bond acceptors (Lipinski definition) is 5. The molecule has 5 nitrogen and oxygen atoms in total. The van der Waals surface area contributed by atoms with Crippen LogP contribution in [0.2, 0.25) is 0 Å². The number of carbonyl (C=O) groups excluding carboxylic acids is 1. The van der Waals surface area contributed by atoms with Crippen LogP contribution in [0.15, 0.2) is 36.4 Å². The Labute approximate surface area is 175 Å². The van der Waals surface area contributed by atoms with E-state index in [1.165, 1.54) is 14.2 Å². The minimum atomic E-state index is -0.464. The van der Waals surface area contributed by atoms with Gasteiger partial charge in [0.05, 0.1) is 19.8 Å². The summed E-state index contributed by atoms with van der Waals surface area (Å²) in [6.07, 6.45) is 0.